The van der Waals surface area contributed by atoms with Crippen LogP contribution >= 0.6 is 0 Å². The van der Waals surface area contributed by atoms with Gasteiger partial charge in [-0.3, -0.25) is 4.79 Å². The number of amides is 1. The lowest BCUT2D eigenvalue weighted by Gasteiger charge is -2.15. The lowest BCUT2D eigenvalue weighted by molar-refractivity contribution is -0.123. The molecule has 1 saturated carbocycles. The van der Waals surface area contributed by atoms with E-state index >= 15 is 0 Å². The van der Waals surface area contributed by atoms with Crippen molar-refractivity contribution in [2.45, 2.75) is 18.9 Å². The molecule has 0 atom stereocenters. The molecule has 1 aromatic carbocycles. The van der Waals surface area contributed by atoms with Crippen molar-refractivity contribution in [2.24, 2.45) is 0 Å². The topological polar surface area (TPSA) is 67.6 Å². The summed E-state index contributed by atoms with van der Waals surface area (Å²) in [4.78, 5) is 13.9. The van der Waals surface area contributed by atoms with Crippen LogP contribution in [-0.2, 0) is 4.79 Å². The van der Waals surface area contributed by atoms with Gasteiger partial charge in [-0.25, -0.2) is 0 Å². The first-order chi connectivity index (χ1) is 9.15. The largest absolute Gasteiger partial charge is 0.484 e. The van der Waals surface area contributed by atoms with Gasteiger partial charge in [0.25, 0.3) is 5.91 Å². The minimum Gasteiger partial charge on any atom is -0.484 e. The number of benzene rings is 1. The third kappa shape index (κ3) is 4.79. The van der Waals surface area contributed by atoms with Crippen molar-refractivity contribution >= 4 is 11.6 Å². The number of hydrogen-bond acceptors (Lipinski definition) is 4. The van der Waals surface area contributed by atoms with Crippen LogP contribution in [0.5, 0.6) is 5.75 Å². The summed E-state index contributed by atoms with van der Waals surface area (Å²) in [5, 5.41) is 2.84. The first-order valence-corrected chi connectivity index (χ1v) is 6.60. The first kappa shape index (κ1) is 13.7. The molecule has 1 amide bonds. The van der Waals surface area contributed by atoms with E-state index in [1.165, 1.54) is 12.8 Å². The van der Waals surface area contributed by atoms with Crippen LogP contribution in [0.3, 0.4) is 0 Å². The third-order valence-electron chi connectivity index (χ3n) is 3.18. The molecule has 104 valence electrons. The zero-order valence-electron chi connectivity index (χ0n) is 11.3. The fourth-order valence-corrected chi connectivity index (χ4v) is 1.87. The fraction of sp³-hybridized carbons (Fsp3) is 0.500. The summed E-state index contributed by atoms with van der Waals surface area (Å²) in [6.45, 7) is 1.57. The molecule has 0 spiro atoms. The molecule has 5 nitrogen and oxygen atoms in total. The van der Waals surface area contributed by atoms with Crippen molar-refractivity contribution in [1.82, 2.24) is 10.2 Å². The van der Waals surface area contributed by atoms with Crippen molar-refractivity contribution in [3.8, 4) is 5.75 Å². The van der Waals surface area contributed by atoms with Gasteiger partial charge >= 0.3 is 0 Å². The van der Waals surface area contributed by atoms with Crippen molar-refractivity contribution in [1.29, 1.82) is 0 Å². The zero-order valence-corrected chi connectivity index (χ0v) is 11.3. The van der Waals surface area contributed by atoms with Gasteiger partial charge in [0, 0.05) is 30.9 Å². The molecule has 1 aromatic rings. The summed E-state index contributed by atoms with van der Waals surface area (Å²) in [6.07, 6.45) is 2.56. The lowest BCUT2D eigenvalue weighted by atomic mass is 10.3. The highest BCUT2D eigenvalue weighted by Crippen LogP contribution is 2.24. The maximum absolute atomic E-state index is 11.6. The average Bonchev–Trinajstić information content (AvgIpc) is 3.20. The van der Waals surface area contributed by atoms with Crippen LogP contribution in [-0.4, -0.2) is 43.6 Å². The number of nitrogen functional groups attached to an aromatic ring is 1. The minimum absolute atomic E-state index is 0.0244. The van der Waals surface area contributed by atoms with Gasteiger partial charge in [-0.2, -0.15) is 0 Å². The number of hydrogen-bond donors (Lipinski definition) is 2. The zero-order chi connectivity index (χ0) is 13.7. The SMILES string of the molecule is CN(CCNC(=O)COc1cccc(N)c1)C1CC1. The van der Waals surface area contributed by atoms with Gasteiger partial charge in [0.1, 0.15) is 5.75 Å². The van der Waals surface area contributed by atoms with E-state index in [0.29, 0.717) is 18.0 Å². The number of ether oxygens (including phenoxy) is 1. The molecular formula is C14H21N3O2. The molecule has 1 aliphatic carbocycles. The molecule has 0 saturated heterocycles. The van der Waals surface area contributed by atoms with Crippen molar-refractivity contribution in [3.05, 3.63) is 24.3 Å². The standard InChI is InChI=1S/C14H21N3O2/c1-17(12-5-6-12)8-7-16-14(18)10-19-13-4-2-3-11(15)9-13/h2-4,9,12H,5-8,10,15H2,1H3,(H,16,18). The van der Waals surface area contributed by atoms with Crippen molar-refractivity contribution < 1.29 is 9.53 Å². The highest BCUT2D eigenvalue weighted by molar-refractivity contribution is 5.77. The predicted octanol–water partition coefficient (Wildman–Crippen LogP) is 0.858. The van der Waals surface area contributed by atoms with Gasteiger partial charge in [-0.05, 0) is 32.0 Å². The van der Waals surface area contributed by atoms with Crippen LogP contribution in [0.4, 0.5) is 5.69 Å². The van der Waals surface area contributed by atoms with E-state index in [1.54, 1.807) is 24.3 Å². The molecular weight excluding hydrogens is 242 g/mol. The van der Waals surface area contributed by atoms with E-state index in [9.17, 15) is 4.79 Å². The van der Waals surface area contributed by atoms with E-state index in [-0.39, 0.29) is 12.5 Å². The Balaban J connectivity index is 1.61. The fourth-order valence-electron chi connectivity index (χ4n) is 1.87. The number of likely N-dealkylation sites (N-methyl/N-ethyl adjacent to an activating group) is 1. The van der Waals surface area contributed by atoms with Crippen LogP contribution in [0.1, 0.15) is 12.8 Å². The number of carbonyl (C=O) groups is 1. The molecule has 1 aliphatic rings. The Labute approximate surface area is 113 Å². The average molecular weight is 263 g/mol. The Kier molecular flexibility index (Phi) is 4.63. The van der Waals surface area contributed by atoms with Crippen molar-refractivity contribution in [3.63, 3.8) is 0 Å². The quantitative estimate of drug-likeness (QED) is 0.716. The molecule has 0 aliphatic heterocycles. The molecule has 5 heteroatoms. The molecule has 19 heavy (non-hydrogen) atoms. The van der Waals surface area contributed by atoms with E-state index in [0.717, 1.165) is 12.6 Å². The summed E-state index contributed by atoms with van der Waals surface area (Å²) in [5.74, 6) is 0.511. The number of carbonyl (C=O) groups excluding carboxylic acids is 1. The Bertz CT molecular complexity index is 432. The predicted molar refractivity (Wildman–Crippen MR) is 75.0 cm³/mol. The van der Waals surface area contributed by atoms with Crippen LogP contribution < -0.4 is 15.8 Å². The maximum Gasteiger partial charge on any atom is 0.257 e. The monoisotopic (exact) mass is 263 g/mol. The van der Waals surface area contributed by atoms with Gasteiger partial charge in [0.05, 0.1) is 0 Å². The van der Waals surface area contributed by atoms with Crippen molar-refractivity contribution in [2.75, 3.05) is 32.5 Å². The van der Waals surface area contributed by atoms with Gasteiger partial charge in [0.15, 0.2) is 6.61 Å². The smallest absolute Gasteiger partial charge is 0.257 e. The Hall–Kier alpha value is -1.75. The van der Waals surface area contributed by atoms with E-state index in [2.05, 4.69) is 17.3 Å². The second-order valence-electron chi connectivity index (χ2n) is 4.92. The second kappa shape index (κ2) is 6.43. The summed E-state index contributed by atoms with van der Waals surface area (Å²) >= 11 is 0. The lowest BCUT2D eigenvalue weighted by Crippen LogP contribution is -2.36. The Morgan fingerprint density at radius 2 is 2.32 bits per heavy atom. The molecule has 1 fully saturated rings. The highest BCUT2D eigenvalue weighted by Gasteiger charge is 2.25. The second-order valence-corrected chi connectivity index (χ2v) is 4.92. The number of rotatable bonds is 7. The van der Waals surface area contributed by atoms with Gasteiger partial charge in [-0.15, -0.1) is 0 Å². The first-order valence-electron chi connectivity index (χ1n) is 6.60. The van der Waals surface area contributed by atoms with Gasteiger partial charge in [0.2, 0.25) is 0 Å². The van der Waals surface area contributed by atoms with E-state index in [1.807, 2.05) is 0 Å². The van der Waals surface area contributed by atoms with Gasteiger partial charge in [-0.1, -0.05) is 6.07 Å². The van der Waals surface area contributed by atoms with Crippen LogP contribution in [0.25, 0.3) is 0 Å². The number of nitrogens with one attached hydrogen (secondary N) is 1. The molecule has 0 bridgehead atoms. The normalized spacial score (nSPS) is 14.4. The summed E-state index contributed by atoms with van der Waals surface area (Å²) in [7, 11) is 2.09. The molecule has 2 rings (SSSR count). The van der Waals surface area contributed by atoms with E-state index < -0.39 is 0 Å². The summed E-state index contributed by atoms with van der Waals surface area (Å²) in [6, 6.07) is 7.78. The maximum atomic E-state index is 11.6. The number of anilines is 1. The van der Waals surface area contributed by atoms with E-state index in [4.69, 9.17) is 10.5 Å². The van der Waals surface area contributed by atoms with Gasteiger partial charge < -0.3 is 20.7 Å². The number of nitrogens with zero attached hydrogens (tertiary/aromatic N) is 1. The molecule has 0 aromatic heterocycles. The summed E-state index contributed by atoms with van der Waals surface area (Å²) < 4.78 is 5.36. The third-order valence-corrected chi connectivity index (χ3v) is 3.18. The van der Waals surface area contributed by atoms with Crippen LogP contribution in [0.15, 0.2) is 24.3 Å². The molecule has 0 unspecified atom stereocenters. The molecule has 3 N–H and O–H groups in total. The molecule has 0 heterocycles. The Morgan fingerprint density at radius 3 is 3.00 bits per heavy atom. The summed E-state index contributed by atoms with van der Waals surface area (Å²) in [5.41, 5.74) is 6.26. The van der Waals surface area contributed by atoms with Crippen LogP contribution in [0.2, 0.25) is 0 Å². The molecule has 0 radical (unpaired) electrons. The number of nitrogens with two attached hydrogens (primary N) is 1. The minimum atomic E-state index is -0.105. The Morgan fingerprint density at radius 1 is 1.53 bits per heavy atom. The highest BCUT2D eigenvalue weighted by atomic mass is 16.5. The van der Waals surface area contributed by atoms with Crippen LogP contribution in [0, 0.1) is 0 Å².